The summed E-state index contributed by atoms with van der Waals surface area (Å²) in [5, 5.41) is 3.52. The Labute approximate surface area is 127 Å². The lowest BCUT2D eigenvalue weighted by molar-refractivity contribution is 0.593. The molecule has 0 heterocycles. The van der Waals surface area contributed by atoms with E-state index in [0.717, 1.165) is 18.5 Å². The predicted octanol–water partition coefficient (Wildman–Crippen LogP) is 4.52. The second-order valence-corrected chi connectivity index (χ2v) is 5.74. The molecule has 0 radical (unpaired) electrons. The van der Waals surface area contributed by atoms with Crippen LogP contribution >= 0.6 is 22.6 Å². The number of benzene rings is 2. The smallest absolute Gasteiger partial charge is 0.123 e. The van der Waals surface area contributed by atoms with E-state index in [1.807, 2.05) is 12.1 Å². The molecule has 0 aliphatic carbocycles. The molecule has 19 heavy (non-hydrogen) atoms. The monoisotopic (exact) mass is 369 g/mol. The van der Waals surface area contributed by atoms with Gasteiger partial charge in [0, 0.05) is 3.57 Å². The molecular formula is C16H17FIN. The summed E-state index contributed by atoms with van der Waals surface area (Å²) in [6, 6.07) is 15.3. The fraction of sp³-hybridized carbons (Fsp3) is 0.250. The molecule has 1 atom stereocenters. The van der Waals surface area contributed by atoms with Gasteiger partial charge in [-0.2, -0.15) is 0 Å². The van der Waals surface area contributed by atoms with Crippen LogP contribution in [0.4, 0.5) is 4.39 Å². The van der Waals surface area contributed by atoms with Crippen LogP contribution in [0.2, 0.25) is 0 Å². The van der Waals surface area contributed by atoms with Gasteiger partial charge >= 0.3 is 0 Å². The quantitative estimate of drug-likeness (QED) is 0.765. The number of hydrogen-bond acceptors (Lipinski definition) is 1. The average Bonchev–Trinajstić information content (AvgIpc) is 2.41. The van der Waals surface area contributed by atoms with E-state index >= 15 is 0 Å². The van der Waals surface area contributed by atoms with Crippen LogP contribution in [0.1, 0.15) is 30.5 Å². The van der Waals surface area contributed by atoms with Crippen LogP contribution in [0.25, 0.3) is 0 Å². The molecule has 0 fully saturated rings. The summed E-state index contributed by atoms with van der Waals surface area (Å²) >= 11 is 2.31. The minimum atomic E-state index is -0.194. The van der Waals surface area contributed by atoms with E-state index in [2.05, 4.69) is 59.1 Å². The van der Waals surface area contributed by atoms with Gasteiger partial charge in [0.2, 0.25) is 0 Å². The Morgan fingerprint density at radius 3 is 2.47 bits per heavy atom. The molecule has 2 aromatic carbocycles. The fourth-order valence-electron chi connectivity index (χ4n) is 2.06. The van der Waals surface area contributed by atoms with E-state index in [1.54, 1.807) is 0 Å². The van der Waals surface area contributed by atoms with E-state index in [-0.39, 0.29) is 11.9 Å². The van der Waals surface area contributed by atoms with Gasteiger partial charge in [-0.15, -0.1) is 0 Å². The van der Waals surface area contributed by atoms with Gasteiger partial charge in [-0.05, 0) is 70.9 Å². The van der Waals surface area contributed by atoms with Crippen molar-refractivity contribution in [3.63, 3.8) is 0 Å². The molecule has 0 bridgehead atoms. The van der Waals surface area contributed by atoms with Gasteiger partial charge in [0.25, 0.3) is 0 Å². The van der Waals surface area contributed by atoms with Gasteiger partial charge in [-0.1, -0.05) is 31.2 Å². The Kier molecular flexibility index (Phi) is 5.34. The first-order chi connectivity index (χ1) is 9.20. The summed E-state index contributed by atoms with van der Waals surface area (Å²) in [5.74, 6) is -0.194. The molecule has 2 aromatic rings. The lowest BCUT2D eigenvalue weighted by atomic mass is 9.98. The van der Waals surface area contributed by atoms with Crippen molar-refractivity contribution in [1.82, 2.24) is 5.32 Å². The van der Waals surface area contributed by atoms with Crippen molar-refractivity contribution in [2.24, 2.45) is 0 Å². The molecule has 1 nitrogen and oxygen atoms in total. The summed E-state index contributed by atoms with van der Waals surface area (Å²) in [7, 11) is 0. The van der Waals surface area contributed by atoms with E-state index in [9.17, 15) is 4.39 Å². The van der Waals surface area contributed by atoms with Crippen molar-refractivity contribution >= 4 is 22.6 Å². The predicted molar refractivity (Wildman–Crippen MR) is 85.7 cm³/mol. The van der Waals surface area contributed by atoms with Crippen LogP contribution in [-0.4, -0.2) is 6.54 Å². The Hall–Kier alpha value is -0.940. The molecule has 0 amide bonds. The van der Waals surface area contributed by atoms with E-state index in [4.69, 9.17) is 0 Å². The molecule has 0 aromatic heterocycles. The lowest BCUT2D eigenvalue weighted by Crippen LogP contribution is -2.23. The van der Waals surface area contributed by atoms with Gasteiger partial charge in [0.1, 0.15) is 5.82 Å². The molecule has 0 aliphatic rings. The molecular weight excluding hydrogens is 352 g/mol. The first kappa shape index (κ1) is 14.5. The molecule has 100 valence electrons. The molecule has 1 N–H and O–H groups in total. The van der Waals surface area contributed by atoms with Crippen molar-refractivity contribution in [3.05, 3.63) is 69.0 Å². The number of hydrogen-bond donors (Lipinski definition) is 1. The van der Waals surface area contributed by atoms with E-state index in [1.165, 1.54) is 21.3 Å². The molecule has 1 unspecified atom stereocenters. The number of nitrogens with one attached hydrogen (secondary N) is 1. The summed E-state index contributed by atoms with van der Waals surface area (Å²) in [5.41, 5.74) is 2.31. The fourth-order valence-corrected chi connectivity index (χ4v) is 2.63. The van der Waals surface area contributed by atoms with Crippen molar-refractivity contribution < 1.29 is 4.39 Å². The Morgan fingerprint density at radius 2 is 1.84 bits per heavy atom. The second-order valence-electron chi connectivity index (χ2n) is 4.49. The zero-order chi connectivity index (χ0) is 13.7. The van der Waals surface area contributed by atoms with Crippen molar-refractivity contribution in [2.45, 2.75) is 19.4 Å². The molecule has 2 rings (SSSR count). The Balaban J connectivity index is 2.32. The molecule has 0 saturated heterocycles. The highest BCUT2D eigenvalue weighted by molar-refractivity contribution is 14.1. The minimum absolute atomic E-state index is 0.121. The number of rotatable bonds is 5. The topological polar surface area (TPSA) is 12.0 Å². The van der Waals surface area contributed by atoms with Crippen LogP contribution in [-0.2, 0) is 0 Å². The van der Waals surface area contributed by atoms with Crippen LogP contribution < -0.4 is 5.32 Å². The summed E-state index contributed by atoms with van der Waals surface area (Å²) in [6.45, 7) is 3.08. The van der Waals surface area contributed by atoms with Gasteiger partial charge in [-0.3, -0.25) is 0 Å². The largest absolute Gasteiger partial charge is 0.306 e. The molecule has 0 aliphatic heterocycles. The normalized spacial score (nSPS) is 12.4. The Bertz CT molecular complexity index is 525. The first-order valence-electron chi connectivity index (χ1n) is 6.45. The third-order valence-electron chi connectivity index (χ3n) is 2.98. The van der Waals surface area contributed by atoms with Crippen LogP contribution in [0.15, 0.2) is 48.5 Å². The van der Waals surface area contributed by atoms with Gasteiger partial charge < -0.3 is 5.32 Å². The van der Waals surface area contributed by atoms with Crippen LogP contribution in [0.5, 0.6) is 0 Å². The number of halogens is 2. The maximum atomic E-state index is 13.0. The summed E-state index contributed by atoms with van der Waals surface area (Å²) < 4.78 is 14.3. The highest BCUT2D eigenvalue weighted by Gasteiger charge is 2.13. The second kappa shape index (κ2) is 7.01. The highest BCUT2D eigenvalue weighted by atomic mass is 127. The maximum Gasteiger partial charge on any atom is 0.123 e. The summed E-state index contributed by atoms with van der Waals surface area (Å²) in [6.07, 6.45) is 1.07. The lowest BCUT2D eigenvalue weighted by Gasteiger charge is -2.20. The summed E-state index contributed by atoms with van der Waals surface area (Å²) in [4.78, 5) is 0. The zero-order valence-corrected chi connectivity index (χ0v) is 13.0. The zero-order valence-electron chi connectivity index (χ0n) is 10.9. The first-order valence-corrected chi connectivity index (χ1v) is 7.53. The standard InChI is InChI=1S/C16H17FIN/c1-2-10-19-16(12-6-8-14(17)9-7-12)13-4-3-5-15(18)11-13/h3-9,11,16,19H,2,10H2,1H3. The third-order valence-corrected chi connectivity index (χ3v) is 3.65. The van der Waals surface area contributed by atoms with E-state index in [0.29, 0.717) is 0 Å². The van der Waals surface area contributed by atoms with Gasteiger partial charge in [-0.25, -0.2) is 4.39 Å². The SMILES string of the molecule is CCCNC(c1ccc(F)cc1)c1cccc(I)c1. The average molecular weight is 369 g/mol. The maximum absolute atomic E-state index is 13.0. The minimum Gasteiger partial charge on any atom is -0.306 e. The highest BCUT2D eigenvalue weighted by Crippen LogP contribution is 2.23. The van der Waals surface area contributed by atoms with Crippen molar-refractivity contribution in [1.29, 1.82) is 0 Å². The van der Waals surface area contributed by atoms with Gasteiger partial charge in [0.15, 0.2) is 0 Å². The van der Waals surface area contributed by atoms with Crippen molar-refractivity contribution in [3.8, 4) is 0 Å². The van der Waals surface area contributed by atoms with Crippen LogP contribution in [0.3, 0.4) is 0 Å². The molecule has 0 saturated carbocycles. The Morgan fingerprint density at radius 1 is 1.11 bits per heavy atom. The van der Waals surface area contributed by atoms with Crippen LogP contribution in [0, 0.1) is 9.39 Å². The van der Waals surface area contributed by atoms with E-state index < -0.39 is 0 Å². The molecule has 3 heteroatoms. The van der Waals surface area contributed by atoms with Crippen molar-refractivity contribution in [2.75, 3.05) is 6.54 Å². The third kappa shape index (κ3) is 4.01. The van der Waals surface area contributed by atoms with Gasteiger partial charge in [0.05, 0.1) is 6.04 Å². The molecule has 0 spiro atoms.